The normalized spacial score (nSPS) is 11.2. The predicted molar refractivity (Wildman–Crippen MR) is 67.0 cm³/mol. The molecule has 8 heteroatoms. The average molecular weight is 273 g/mol. The molecular formula is C10H15N3O4S. The molecule has 4 N–H and O–H groups in total. The van der Waals surface area contributed by atoms with Crippen LogP contribution in [0.1, 0.15) is 22.5 Å². The Balaban J connectivity index is 2.54. The maximum Gasteiger partial charge on any atom is 0.337 e. The van der Waals surface area contributed by atoms with Crippen molar-refractivity contribution in [1.29, 1.82) is 0 Å². The Morgan fingerprint density at radius 1 is 1.50 bits per heavy atom. The number of primary sulfonamides is 1. The zero-order chi connectivity index (χ0) is 13.8. The first-order valence-electron chi connectivity index (χ1n) is 5.25. The van der Waals surface area contributed by atoms with Crippen LogP contribution in [0.4, 0.5) is 5.82 Å². The van der Waals surface area contributed by atoms with Crippen LogP contribution in [0.5, 0.6) is 0 Å². The molecule has 0 saturated carbocycles. The summed E-state index contributed by atoms with van der Waals surface area (Å²) >= 11 is 0. The Labute approximate surface area is 105 Å². The lowest BCUT2D eigenvalue weighted by Crippen LogP contribution is -2.19. The van der Waals surface area contributed by atoms with Gasteiger partial charge in [0.2, 0.25) is 10.0 Å². The standard InChI is InChI=1S/C10H15N3O4S/c1-7-8(10(14)15)3-4-9(13-7)12-5-2-6-18(11,16)17/h3-4H,2,5-6H2,1H3,(H,12,13)(H,14,15)(H2,11,16,17). The summed E-state index contributed by atoms with van der Waals surface area (Å²) < 4.78 is 21.4. The Morgan fingerprint density at radius 3 is 2.67 bits per heavy atom. The molecule has 18 heavy (non-hydrogen) atoms. The van der Waals surface area contributed by atoms with Crippen molar-refractivity contribution in [3.05, 3.63) is 23.4 Å². The molecule has 1 aromatic rings. The highest BCUT2D eigenvalue weighted by Crippen LogP contribution is 2.10. The molecule has 7 nitrogen and oxygen atoms in total. The van der Waals surface area contributed by atoms with Gasteiger partial charge in [-0.05, 0) is 25.5 Å². The molecule has 1 heterocycles. The molecule has 0 unspecified atom stereocenters. The minimum atomic E-state index is -3.44. The van der Waals surface area contributed by atoms with E-state index in [0.717, 1.165) is 0 Å². The first-order valence-corrected chi connectivity index (χ1v) is 6.96. The van der Waals surface area contributed by atoms with Gasteiger partial charge < -0.3 is 10.4 Å². The Kier molecular flexibility index (Phi) is 4.62. The first kappa shape index (κ1) is 14.4. The van der Waals surface area contributed by atoms with E-state index in [2.05, 4.69) is 10.3 Å². The third-order valence-corrected chi connectivity index (χ3v) is 3.09. The average Bonchev–Trinajstić information content (AvgIpc) is 2.22. The van der Waals surface area contributed by atoms with Gasteiger partial charge in [0.25, 0.3) is 0 Å². The van der Waals surface area contributed by atoms with Crippen LogP contribution in [-0.4, -0.2) is 36.8 Å². The number of carbonyl (C=O) groups is 1. The van der Waals surface area contributed by atoms with Gasteiger partial charge in [0, 0.05) is 6.54 Å². The Hall–Kier alpha value is -1.67. The zero-order valence-corrected chi connectivity index (χ0v) is 10.7. The summed E-state index contributed by atoms with van der Waals surface area (Å²) in [5.41, 5.74) is 0.545. The summed E-state index contributed by atoms with van der Waals surface area (Å²) in [4.78, 5) is 14.8. The molecule has 0 atom stereocenters. The number of anilines is 1. The number of aromatic nitrogens is 1. The van der Waals surface area contributed by atoms with E-state index in [4.69, 9.17) is 10.2 Å². The third kappa shape index (κ3) is 4.68. The number of sulfonamides is 1. The number of carboxylic acid groups (broad SMARTS) is 1. The van der Waals surface area contributed by atoms with Crippen LogP contribution in [0.25, 0.3) is 0 Å². The maximum atomic E-state index is 10.8. The van der Waals surface area contributed by atoms with E-state index >= 15 is 0 Å². The lowest BCUT2D eigenvalue weighted by molar-refractivity contribution is 0.0695. The van der Waals surface area contributed by atoms with Crippen LogP contribution in [0.2, 0.25) is 0 Å². The second-order valence-electron chi connectivity index (χ2n) is 3.78. The van der Waals surface area contributed by atoms with Gasteiger partial charge in [0.05, 0.1) is 17.0 Å². The number of aromatic carboxylic acids is 1. The van der Waals surface area contributed by atoms with Gasteiger partial charge in [-0.15, -0.1) is 0 Å². The molecule has 0 spiro atoms. The summed E-state index contributed by atoms with van der Waals surface area (Å²) in [7, 11) is -3.44. The summed E-state index contributed by atoms with van der Waals surface area (Å²) in [5.74, 6) is -0.626. The highest BCUT2D eigenvalue weighted by molar-refractivity contribution is 7.89. The van der Waals surface area contributed by atoms with Gasteiger partial charge >= 0.3 is 5.97 Å². The molecule has 1 rings (SSSR count). The van der Waals surface area contributed by atoms with Crippen LogP contribution < -0.4 is 10.5 Å². The molecule has 100 valence electrons. The predicted octanol–water partition coefficient (Wildman–Crippen LogP) is 0.179. The molecule has 0 fully saturated rings. The van der Waals surface area contributed by atoms with E-state index in [0.29, 0.717) is 24.5 Å². The van der Waals surface area contributed by atoms with Crippen molar-refractivity contribution in [2.75, 3.05) is 17.6 Å². The Bertz CT molecular complexity index is 542. The largest absolute Gasteiger partial charge is 0.478 e. The van der Waals surface area contributed by atoms with E-state index in [1.807, 2.05) is 0 Å². The van der Waals surface area contributed by atoms with E-state index in [9.17, 15) is 13.2 Å². The van der Waals surface area contributed by atoms with Crippen molar-refractivity contribution < 1.29 is 18.3 Å². The number of nitrogens with one attached hydrogen (secondary N) is 1. The van der Waals surface area contributed by atoms with Crippen molar-refractivity contribution in [2.24, 2.45) is 5.14 Å². The monoisotopic (exact) mass is 273 g/mol. The molecule has 0 aliphatic rings. The molecule has 0 bridgehead atoms. The van der Waals surface area contributed by atoms with E-state index < -0.39 is 16.0 Å². The van der Waals surface area contributed by atoms with Crippen molar-refractivity contribution in [3.8, 4) is 0 Å². The van der Waals surface area contributed by atoms with Gasteiger partial charge in [-0.1, -0.05) is 0 Å². The smallest absolute Gasteiger partial charge is 0.337 e. The fourth-order valence-corrected chi connectivity index (χ4v) is 1.92. The summed E-state index contributed by atoms with van der Waals surface area (Å²) in [5, 5.41) is 16.6. The molecular weight excluding hydrogens is 258 g/mol. The van der Waals surface area contributed by atoms with Crippen LogP contribution in [0.3, 0.4) is 0 Å². The van der Waals surface area contributed by atoms with Gasteiger partial charge in [0.15, 0.2) is 0 Å². The number of rotatable bonds is 6. The number of aryl methyl sites for hydroxylation is 1. The van der Waals surface area contributed by atoms with Crippen LogP contribution >= 0.6 is 0 Å². The van der Waals surface area contributed by atoms with E-state index in [1.54, 1.807) is 6.92 Å². The summed E-state index contributed by atoms with van der Waals surface area (Å²) in [6.07, 6.45) is 0.361. The molecule has 0 aliphatic heterocycles. The van der Waals surface area contributed by atoms with Crippen molar-refractivity contribution in [2.45, 2.75) is 13.3 Å². The number of carboxylic acids is 1. The number of nitrogens with zero attached hydrogens (tertiary/aromatic N) is 1. The van der Waals surface area contributed by atoms with Gasteiger partial charge in [0.1, 0.15) is 5.82 Å². The zero-order valence-electron chi connectivity index (χ0n) is 9.88. The number of nitrogens with two attached hydrogens (primary N) is 1. The van der Waals surface area contributed by atoms with Crippen molar-refractivity contribution >= 4 is 21.8 Å². The van der Waals surface area contributed by atoms with Gasteiger partial charge in [-0.3, -0.25) is 0 Å². The van der Waals surface area contributed by atoms with Crippen LogP contribution in [0.15, 0.2) is 12.1 Å². The Morgan fingerprint density at radius 2 is 2.17 bits per heavy atom. The van der Waals surface area contributed by atoms with Crippen LogP contribution in [0, 0.1) is 6.92 Å². The fraction of sp³-hybridized carbons (Fsp3) is 0.400. The molecule has 0 aliphatic carbocycles. The van der Waals surface area contributed by atoms with E-state index in [1.165, 1.54) is 12.1 Å². The molecule has 0 saturated heterocycles. The topological polar surface area (TPSA) is 122 Å². The molecule has 0 radical (unpaired) electrons. The highest BCUT2D eigenvalue weighted by atomic mass is 32.2. The quantitative estimate of drug-likeness (QED) is 0.635. The number of hydrogen-bond donors (Lipinski definition) is 3. The number of hydrogen-bond acceptors (Lipinski definition) is 5. The summed E-state index contributed by atoms with van der Waals surface area (Å²) in [6, 6.07) is 2.99. The SMILES string of the molecule is Cc1nc(NCCCS(N)(=O)=O)ccc1C(=O)O. The third-order valence-electron chi connectivity index (χ3n) is 2.23. The van der Waals surface area contributed by atoms with E-state index in [-0.39, 0.29) is 11.3 Å². The maximum absolute atomic E-state index is 10.8. The molecule has 0 aromatic carbocycles. The van der Waals surface area contributed by atoms with Gasteiger partial charge in [-0.2, -0.15) is 0 Å². The summed E-state index contributed by atoms with van der Waals surface area (Å²) in [6.45, 7) is 1.99. The van der Waals surface area contributed by atoms with Gasteiger partial charge in [-0.25, -0.2) is 23.3 Å². The van der Waals surface area contributed by atoms with Crippen molar-refractivity contribution in [1.82, 2.24) is 4.98 Å². The molecule has 1 aromatic heterocycles. The lowest BCUT2D eigenvalue weighted by atomic mass is 10.2. The van der Waals surface area contributed by atoms with Crippen molar-refractivity contribution in [3.63, 3.8) is 0 Å². The fourth-order valence-electron chi connectivity index (χ4n) is 1.38. The second-order valence-corrected chi connectivity index (χ2v) is 5.52. The minimum Gasteiger partial charge on any atom is -0.478 e. The highest BCUT2D eigenvalue weighted by Gasteiger charge is 2.08. The second kappa shape index (κ2) is 5.78. The lowest BCUT2D eigenvalue weighted by Gasteiger charge is -2.07. The minimum absolute atomic E-state index is 0.105. The number of pyridine rings is 1. The molecule has 0 amide bonds. The van der Waals surface area contributed by atoms with Crippen LogP contribution in [-0.2, 0) is 10.0 Å². The first-order chi connectivity index (χ1) is 8.29.